The summed E-state index contributed by atoms with van der Waals surface area (Å²) in [6, 6.07) is 0.777. The molecule has 0 aliphatic heterocycles. The van der Waals surface area contributed by atoms with Crippen LogP contribution in [-0.4, -0.2) is 21.8 Å². The molecule has 8 heteroatoms. The first kappa shape index (κ1) is 16.0. The van der Waals surface area contributed by atoms with Gasteiger partial charge in [0.15, 0.2) is 0 Å². The normalized spacial score (nSPS) is 11.9. The smallest absolute Gasteiger partial charge is 0.406 e. The minimum atomic E-state index is -4.62. The van der Waals surface area contributed by atoms with Gasteiger partial charge in [-0.05, 0) is 31.0 Å². The number of carboxylic acids is 1. The topological polar surface area (TPSA) is 59.3 Å². The Labute approximate surface area is 121 Å². The molecule has 0 aliphatic carbocycles. The molecule has 0 atom stereocenters. The molecular weight excluding hydrogens is 306 g/mol. The number of aromatic nitrogens is 1. The number of alkyl halides is 3. The van der Waals surface area contributed by atoms with Crippen LogP contribution in [0, 0.1) is 19.7 Å². The molecule has 0 unspecified atom stereocenters. The molecule has 0 fully saturated rings. The van der Waals surface area contributed by atoms with Crippen molar-refractivity contribution in [2.75, 3.05) is 0 Å². The van der Waals surface area contributed by atoms with Gasteiger partial charge in [0.2, 0.25) is 5.43 Å². The second-order valence-electron chi connectivity index (χ2n) is 4.92. The van der Waals surface area contributed by atoms with E-state index in [0.717, 1.165) is 6.07 Å². The highest BCUT2D eigenvalue weighted by Gasteiger charge is 2.30. The first-order valence-electron chi connectivity index (χ1n) is 6.16. The monoisotopic (exact) mass is 317 g/mol. The van der Waals surface area contributed by atoms with Gasteiger partial charge < -0.3 is 9.67 Å². The maximum Gasteiger partial charge on any atom is 0.406 e. The zero-order valence-corrected chi connectivity index (χ0v) is 11.6. The fourth-order valence-electron chi connectivity index (χ4n) is 2.30. The number of rotatable bonds is 2. The standard InChI is InChI=1S/C14H11F4NO3/c1-6-7(2)11-8(3-10(6)15)12(20)9(13(21)22)4-19(11)5-14(16,17)18/h3-4H,5H2,1-2H3,(H,21,22). The van der Waals surface area contributed by atoms with Gasteiger partial charge >= 0.3 is 12.1 Å². The molecule has 1 aromatic carbocycles. The lowest BCUT2D eigenvalue weighted by atomic mass is 10.0. The van der Waals surface area contributed by atoms with Gasteiger partial charge in [0.25, 0.3) is 0 Å². The van der Waals surface area contributed by atoms with Gasteiger partial charge in [-0.25, -0.2) is 9.18 Å². The minimum Gasteiger partial charge on any atom is -0.477 e. The predicted molar refractivity (Wildman–Crippen MR) is 70.7 cm³/mol. The summed E-state index contributed by atoms with van der Waals surface area (Å²) >= 11 is 0. The number of hydrogen-bond acceptors (Lipinski definition) is 2. The second-order valence-corrected chi connectivity index (χ2v) is 4.92. The maximum absolute atomic E-state index is 13.8. The number of pyridine rings is 1. The summed E-state index contributed by atoms with van der Waals surface area (Å²) in [4.78, 5) is 23.1. The van der Waals surface area contributed by atoms with Crippen LogP contribution in [-0.2, 0) is 6.54 Å². The molecule has 0 saturated carbocycles. The molecular formula is C14H11F4NO3. The van der Waals surface area contributed by atoms with Crippen molar-refractivity contribution in [1.29, 1.82) is 0 Å². The highest BCUT2D eigenvalue weighted by molar-refractivity contribution is 5.93. The number of aryl methyl sites for hydroxylation is 1. The average Bonchev–Trinajstić information content (AvgIpc) is 2.37. The van der Waals surface area contributed by atoms with Crippen molar-refractivity contribution in [2.45, 2.75) is 26.6 Å². The van der Waals surface area contributed by atoms with Crippen molar-refractivity contribution in [3.05, 3.63) is 45.0 Å². The third kappa shape index (κ3) is 2.68. The lowest BCUT2D eigenvalue weighted by molar-refractivity contribution is -0.140. The molecule has 0 bridgehead atoms. The van der Waals surface area contributed by atoms with Gasteiger partial charge in [-0.15, -0.1) is 0 Å². The number of carboxylic acid groups (broad SMARTS) is 1. The van der Waals surface area contributed by atoms with Crippen LogP contribution in [0.2, 0.25) is 0 Å². The molecule has 1 aromatic heterocycles. The van der Waals surface area contributed by atoms with E-state index in [-0.39, 0.29) is 22.0 Å². The Bertz CT molecular complexity index is 837. The highest BCUT2D eigenvalue weighted by atomic mass is 19.4. The summed E-state index contributed by atoms with van der Waals surface area (Å²) in [7, 11) is 0. The number of fused-ring (bicyclic) bond motifs is 1. The van der Waals surface area contributed by atoms with Crippen molar-refractivity contribution in [3.8, 4) is 0 Å². The third-order valence-electron chi connectivity index (χ3n) is 3.44. The molecule has 0 amide bonds. The number of halogens is 4. The number of benzene rings is 1. The van der Waals surface area contributed by atoms with Crippen LogP contribution in [0.25, 0.3) is 10.9 Å². The lowest BCUT2D eigenvalue weighted by Gasteiger charge is -2.17. The van der Waals surface area contributed by atoms with E-state index in [1.807, 2.05) is 0 Å². The molecule has 0 aliphatic rings. The number of nitrogens with zero attached hydrogens (tertiary/aromatic N) is 1. The third-order valence-corrected chi connectivity index (χ3v) is 3.44. The zero-order chi connectivity index (χ0) is 16.8. The average molecular weight is 317 g/mol. The molecule has 118 valence electrons. The lowest BCUT2D eigenvalue weighted by Crippen LogP contribution is -2.24. The van der Waals surface area contributed by atoms with Crippen LogP contribution in [0.4, 0.5) is 17.6 Å². The SMILES string of the molecule is Cc1c(F)cc2c(=O)c(C(=O)O)cn(CC(F)(F)F)c2c1C. The fourth-order valence-corrected chi connectivity index (χ4v) is 2.30. The maximum atomic E-state index is 13.8. The molecule has 22 heavy (non-hydrogen) atoms. The molecule has 2 rings (SSSR count). The van der Waals surface area contributed by atoms with Crippen LogP contribution >= 0.6 is 0 Å². The van der Waals surface area contributed by atoms with Gasteiger partial charge in [0, 0.05) is 11.6 Å². The Morgan fingerprint density at radius 3 is 2.36 bits per heavy atom. The van der Waals surface area contributed by atoms with E-state index < -0.39 is 35.5 Å². The Morgan fingerprint density at radius 1 is 1.27 bits per heavy atom. The Balaban J connectivity index is 2.99. The number of aromatic carboxylic acids is 1. The largest absolute Gasteiger partial charge is 0.477 e. The van der Waals surface area contributed by atoms with Crippen molar-refractivity contribution >= 4 is 16.9 Å². The minimum absolute atomic E-state index is 0.103. The van der Waals surface area contributed by atoms with Crippen LogP contribution < -0.4 is 5.43 Å². The summed E-state index contributed by atoms with van der Waals surface area (Å²) in [6.45, 7) is 1.28. The molecule has 4 nitrogen and oxygen atoms in total. The summed E-state index contributed by atoms with van der Waals surface area (Å²) in [5, 5.41) is 8.57. The van der Waals surface area contributed by atoms with Crippen LogP contribution in [0.3, 0.4) is 0 Å². The van der Waals surface area contributed by atoms with Crippen molar-refractivity contribution in [1.82, 2.24) is 4.57 Å². The molecule has 0 spiro atoms. The van der Waals surface area contributed by atoms with Crippen LogP contribution in [0.5, 0.6) is 0 Å². The summed E-state index contributed by atoms with van der Waals surface area (Å²) < 4.78 is 52.5. The van der Waals surface area contributed by atoms with E-state index in [4.69, 9.17) is 5.11 Å². The first-order chi connectivity index (χ1) is 10.0. The first-order valence-corrected chi connectivity index (χ1v) is 6.16. The Morgan fingerprint density at radius 2 is 1.86 bits per heavy atom. The van der Waals surface area contributed by atoms with E-state index in [1.54, 1.807) is 0 Å². The summed E-state index contributed by atoms with van der Waals surface area (Å²) in [6.07, 6.45) is -3.97. The molecule has 0 radical (unpaired) electrons. The highest BCUT2D eigenvalue weighted by Crippen LogP contribution is 2.26. The number of hydrogen-bond donors (Lipinski definition) is 1. The van der Waals surface area contributed by atoms with Crippen molar-refractivity contribution < 1.29 is 27.5 Å². The van der Waals surface area contributed by atoms with Crippen LogP contribution in [0.1, 0.15) is 21.5 Å². The van der Waals surface area contributed by atoms with Crippen molar-refractivity contribution in [2.24, 2.45) is 0 Å². The fraction of sp³-hybridized carbons (Fsp3) is 0.286. The van der Waals surface area contributed by atoms with Gasteiger partial charge in [0.1, 0.15) is 17.9 Å². The van der Waals surface area contributed by atoms with Gasteiger partial charge in [-0.3, -0.25) is 4.79 Å². The summed E-state index contributed by atoms with van der Waals surface area (Å²) in [5.74, 6) is -2.44. The van der Waals surface area contributed by atoms with Crippen LogP contribution in [0.15, 0.2) is 17.1 Å². The summed E-state index contributed by atoms with van der Waals surface area (Å²) in [5.41, 5.74) is -1.70. The van der Waals surface area contributed by atoms with E-state index in [9.17, 15) is 27.2 Å². The van der Waals surface area contributed by atoms with Gasteiger partial charge in [-0.2, -0.15) is 13.2 Å². The Kier molecular flexibility index (Phi) is 3.72. The molecule has 1 N–H and O–H groups in total. The van der Waals surface area contributed by atoms with E-state index in [0.29, 0.717) is 10.8 Å². The predicted octanol–water partition coefficient (Wildman–Crippen LogP) is 3.02. The molecule has 2 aromatic rings. The second kappa shape index (κ2) is 5.11. The Hall–Kier alpha value is -2.38. The quantitative estimate of drug-likeness (QED) is 0.866. The van der Waals surface area contributed by atoms with Gasteiger partial charge in [0.05, 0.1) is 5.52 Å². The van der Waals surface area contributed by atoms with E-state index in [2.05, 4.69) is 0 Å². The van der Waals surface area contributed by atoms with E-state index >= 15 is 0 Å². The van der Waals surface area contributed by atoms with E-state index in [1.165, 1.54) is 13.8 Å². The van der Waals surface area contributed by atoms with Crippen molar-refractivity contribution in [3.63, 3.8) is 0 Å². The zero-order valence-electron chi connectivity index (χ0n) is 11.6. The number of carbonyl (C=O) groups is 1. The molecule has 0 saturated heterocycles. The molecule has 1 heterocycles. The van der Waals surface area contributed by atoms with Gasteiger partial charge in [-0.1, -0.05) is 0 Å².